The summed E-state index contributed by atoms with van der Waals surface area (Å²) >= 11 is 4.78. The SMILES string of the molecule is CN(CC(F)F)c1nnccc1C(N)=S. The molecule has 0 fully saturated rings. The Labute approximate surface area is 91.1 Å². The van der Waals surface area contributed by atoms with Gasteiger partial charge in [0.15, 0.2) is 5.82 Å². The van der Waals surface area contributed by atoms with Gasteiger partial charge in [0.25, 0.3) is 6.43 Å². The topological polar surface area (TPSA) is 55.0 Å². The maximum absolute atomic E-state index is 12.1. The summed E-state index contributed by atoms with van der Waals surface area (Å²) in [7, 11) is 1.48. The minimum Gasteiger partial charge on any atom is -0.389 e. The third kappa shape index (κ3) is 3.05. The fourth-order valence-electron chi connectivity index (χ4n) is 1.09. The van der Waals surface area contributed by atoms with Crippen LogP contribution in [0.3, 0.4) is 0 Å². The highest BCUT2D eigenvalue weighted by Crippen LogP contribution is 2.15. The van der Waals surface area contributed by atoms with Crippen LogP contribution in [0.5, 0.6) is 0 Å². The van der Waals surface area contributed by atoms with Crippen LogP contribution in [0.15, 0.2) is 12.3 Å². The zero-order chi connectivity index (χ0) is 11.4. The molecule has 4 nitrogen and oxygen atoms in total. The van der Waals surface area contributed by atoms with Crippen molar-refractivity contribution in [3.8, 4) is 0 Å². The molecule has 1 heterocycles. The minimum atomic E-state index is -2.45. The lowest BCUT2D eigenvalue weighted by Crippen LogP contribution is -2.28. The summed E-state index contributed by atoms with van der Waals surface area (Å²) in [5, 5.41) is 7.33. The third-order valence-corrected chi connectivity index (χ3v) is 1.96. The largest absolute Gasteiger partial charge is 0.389 e. The average molecular weight is 232 g/mol. The normalized spacial score (nSPS) is 10.4. The van der Waals surface area contributed by atoms with Gasteiger partial charge < -0.3 is 10.6 Å². The first-order valence-corrected chi connectivity index (χ1v) is 4.54. The molecule has 0 aliphatic carbocycles. The van der Waals surface area contributed by atoms with Crippen molar-refractivity contribution in [2.45, 2.75) is 6.43 Å². The summed E-state index contributed by atoms with van der Waals surface area (Å²) in [6, 6.07) is 1.55. The van der Waals surface area contributed by atoms with Gasteiger partial charge in [-0.2, -0.15) is 5.10 Å². The molecule has 0 spiro atoms. The summed E-state index contributed by atoms with van der Waals surface area (Å²) in [5.41, 5.74) is 5.88. The average Bonchev–Trinajstić information content (AvgIpc) is 2.16. The number of thiocarbonyl (C=S) groups is 1. The molecule has 1 rings (SSSR count). The van der Waals surface area contributed by atoms with Gasteiger partial charge in [0.05, 0.1) is 18.3 Å². The number of hydrogen-bond donors (Lipinski definition) is 1. The smallest absolute Gasteiger partial charge is 0.255 e. The highest BCUT2D eigenvalue weighted by atomic mass is 32.1. The zero-order valence-electron chi connectivity index (χ0n) is 8.02. The van der Waals surface area contributed by atoms with E-state index in [-0.39, 0.29) is 10.8 Å². The predicted octanol–water partition coefficient (Wildman–Crippen LogP) is 0.812. The molecule has 7 heteroatoms. The molecule has 0 aromatic carbocycles. The first-order valence-electron chi connectivity index (χ1n) is 4.13. The lowest BCUT2D eigenvalue weighted by Gasteiger charge is -2.19. The van der Waals surface area contributed by atoms with Gasteiger partial charge in [-0.15, -0.1) is 5.10 Å². The molecule has 1 aromatic heterocycles. The highest BCUT2D eigenvalue weighted by Gasteiger charge is 2.14. The van der Waals surface area contributed by atoms with Crippen LogP contribution in [0.4, 0.5) is 14.6 Å². The predicted molar refractivity (Wildman–Crippen MR) is 57.2 cm³/mol. The van der Waals surface area contributed by atoms with Crippen molar-refractivity contribution in [1.82, 2.24) is 10.2 Å². The van der Waals surface area contributed by atoms with E-state index in [0.717, 1.165) is 0 Å². The van der Waals surface area contributed by atoms with E-state index in [1.807, 2.05) is 0 Å². The second-order valence-corrected chi connectivity index (χ2v) is 3.34. The number of anilines is 1. The summed E-state index contributed by atoms with van der Waals surface area (Å²) in [5.74, 6) is 0.269. The summed E-state index contributed by atoms with van der Waals surface area (Å²) in [6.45, 7) is -0.436. The fourth-order valence-corrected chi connectivity index (χ4v) is 1.25. The van der Waals surface area contributed by atoms with Crippen LogP contribution in [0.2, 0.25) is 0 Å². The van der Waals surface area contributed by atoms with E-state index in [9.17, 15) is 8.78 Å². The molecule has 82 valence electrons. The van der Waals surface area contributed by atoms with Crippen molar-refractivity contribution in [2.75, 3.05) is 18.5 Å². The first-order chi connectivity index (χ1) is 7.02. The van der Waals surface area contributed by atoms with Crippen molar-refractivity contribution in [2.24, 2.45) is 5.73 Å². The summed E-state index contributed by atoms with van der Waals surface area (Å²) in [4.78, 5) is 1.38. The van der Waals surface area contributed by atoms with Gasteiger partial charge in [-0.05, 0) is 6.07 Å². The Hall–Kier alpha value is -1.37. The van der Waals surface area contributed by atoms with Crippen molar-refractivity contribution < 1.29 is 8.78 Å². The quantitative estimate of drug-likeness (QED) is 0.779. The molecule has 0 saturated carbocycles. The summed E-state index contributed by atoms with van der Waals surface area (Å²) < 4.78 is 24.3. The van der Waals surface area contributed by atoms with Crippen molar-refractivity contribution in [1.29, 1.82) is 0 Å². The Balaban J connectivity index is 2.97. The number of nitrogens with two attached hydrogens (primary N) is 1. The number of hydrogen-bond acceptors (Lipinski definition) is 4. The van der Waals surface area contributed by atoms with Crippen LogP contribution in [-0.4, -0.2) is 35.2 Å². The van der Waals surface area contributed by atoms with Gasteiger partial charge >= 0.3 is 0 Å². The van der Waals surface area contributed by atoms with Gasteiger partial charge in [0.2, 0.25) is 0 Å². The molecule has 0 aliphatic heterocycles. The Morgan fingerprint density at radius 2 is 2.33 bits per heavy atom. The Kier molecular flexibility index (Phi) is 3.84. The van der Waals surface area contributed by atoms with E-state index >= 15 is 0 Å². The lowest BCUT2D eigenvalue weighted by molar-refractivity contribution is 0.156. The second-order valence-electron chi connectivity index (χ2n) is 2.90. The van der Waals surface area contributed by atoms with E-state index in [1.165, 1.54) is 18.1 Å². The van der Waals surface area contributed by atoms with Gasteiger partial charge in [0.1, 0.15) is 4.99 Å². The van der Waals surface area contributed by atoms with Crippen molar-refractivity contribution in [3.05, 3.63) is 17.8 Å². The number of halogens is 2. The van der Waals surface area contributed by atoms with Gasteiger partial charge in [-0.1, -0.05) is 12.2 Å². The van der Waals surface area contributed by atoms with E-state index in [2.05, 4.69) is 10.2 Å². The number of alkyl halides is 2. The maximum atomic E-state index is 12.1. The maximum Gasteiger partial charge on any atom is 0.255 e. The molecule has 0 amide bonds. The van der Waals surface area contributed by atoms with E-state index in [0.29, 0.717) is 5.56 Å². The molecule has 0 radical (unpaired) electrons. The van der Waals surface area contributed by atoms with E-state index < -0.39 is 13.0 Å². The van der Waals surface area contributed by atoms with Crippen molar-refractivity contribution in [3.63, 3.8) is 0 Å². The third-order valence-electron chi connectivity index (χ3n) is 1.74. The zero-order valence-corrected chi connectivity index (χ0v) is 8.84. The molecule has 0 aliphatic rings. The van der Waals surface area contributed by atoms with Crippen LogP contribution in [-0.2, 0) is 0 Å². The first kappa shape index (κ1) is 11.7. The van der Waals surface area contributed by atoms with Crippen molar-refractivity contribution >= 4 is 23.0 Å². The highest BCUT2D eigenvalue weighted by molar-refractivity contribution is 7.80. The van der Waals surface area contributed by atoms with Crippen LogP contribution in [0.25, 0.3) is 0 Å². The molecular weight excluding hydrogens is 222 g/mol. The van der Waals surface area contributed by atoms with Crippen LogP contribution >= 0.6 is 12.2 Å². The molecule has 0 unspecified atom stereocenters. The van der Waals surface area contributed by atoms with Crippen LogP contribution < -0.4 is 10.6 Å². The number of nitrogens with zero attached hydrogens (tertiary/aromatic N) is 3. The van der Waals surface area contributed by atoms with Crippen LogP contribution in [0, 0.1) is 0 Å². The van der Waals surface area contributed by atoms with E-state index in [4.69, 9.17) is 18.0 Å². The van der Waals surface area contributed by atoms with Gasteiger partial charge in [-0.25, -0.2) is 8.78 Å². The minimum absolute atomic E-state index is 0.112. The fraction of sp³-hybridized carbons (Fsp3) is 0.375. The molecule has 0 atom stereocenters. The molecule has 2 N–H and O–H groups in total. The van der Waals surface area contributed by atoms with Gasteiger partial charge in [-0.3, -0.25) is 0 Å². The Morgan fingerprint density at radius 3 is 2.87 bits per heavy atom. The number of rotatable bonds is 4. The summed E-state index contributed by atoms with van der Waals surface area (Å²) in [6.07, 6.45) is -1.04. The van der Waals surface area contributed by atoms with Gasteiger partial charge in [0, 0.05) is 7.05 Å². The molecular formula is C8H10F2N4S. The number of aromatic nitrogens is 2. The molecule has 0 saturated heterocycles. The monoisotopic (exact) mass is 232 g/mol. The molecule has 15 heavy (non-hydrogen) atoms. The standard InChI is InChI=1S/C8H10F2N4S/c1-14(4-6(9)10)8-5(7(11)15)2-3-12-13-8/h2-3,6H,4H2,1H3,(H2,11,15). The second kappa shape index (κ2) is 4.92. The molecule has 1 aromatic rings. The van der Waals surface area contributed by atoms with E-state index in [1.54, 1.807) is 6.07 Å². The van der Waals surface area contributed by atoms with Crippen LogP contribution in [0.1, 0.15) is 5.56 Å². The Morgan fingerprint density at radius 1 is 1.67 bits per heavy atom. The Bertz CT molecular complexity index is 358. The molecule has 0 bridgehead atoms. The lowest BCUT2D eigenvalue weighted by atomic mass is 10.2.